The molecule has 0 N–H and O–H groups in total. The summed E-state index contributed by atoms with van der Waals surface area (Å²) in [6.45, 7) is 1.35. The minimum atomic E-state index is -0.00165. The van der Waals surface area contributed by atoms with Crippen molar-refractivity contribution >= 4 is 5.91 Å². The van der Waals surface area contributed by atoms with E-state index < -0.39 is 0 Å². The molecule has 0 spiro atoms. The number of carbonyl (C=O) groups excluding carboxylic acids is 1. The fraction of sp³-hybridized carbons (Fsp3) is 0.304. The summed E-state index contributed by atoms with van der Waals surface area (Å²) in [6, 6.07) is 17.6. The minimum Gasteiger partial charge on any atom is -0.496 e. The first-order chi connectivity index (χ1) is 13.7. The van der Waals surface area contributed by atoms with E-state index in [1.807, 2.05) is 53.6 Å². The van der Waals surface area contributed by atoms with Gasteiger partial charge >= 0.3 is 0 Å². The lowest BCUT2D eigenvalue weighted by Crippen LogP contribution is -2.39. The van der Waals surface area contributed by atoms with Gasteiger partial charge in [0.1, 0.15) is 11.5 Å². The molecule has 0 saturated carbocycles. The third kappa shape index (κ3) is 3.93. The zero-order chi connectivity index (χ0) is 19.3. The zero-order valence-corrected chi connectivity index (χ0v) is 16.0. The fourth-order valence-corrected chi connectivity index (χ4v) is 3.74. The van der Waals surface area contributed by atoms with E-state index in [2.05, 4.69) is 17.1 Å². The summed E-state index contributed by atoms with van der Waals surface area (Å²) in [5.74, 6) is 2.31. The van der Waals surface area contributed by atoms with Crippen molar-refractivity contribution in [1.29, 1.82) is 0 Å². The number of piperidine rings is 1. The Bertz CT molecular complexity index is 936. The van der Waals surface area contributed by atoms with Crippen molar-refractivity contribution < 1.29 is 13.9 Å². The second-order valence-electron chi connectivity index (χ2n) is 7.12. The number of para-hydroxylation sites is 1. The fourth-order valence-electron chi connectivity index (χ4n) is 3.74. The van der Waals surface area contributed by atoms with E-state index >= 15 is 0 Å². The van der Waals surface area contributed by atoms with Gasteiger partial charge in [-0.05, 0) is 30.5 Å². The van der Waals surface area contributed by atoms with Gasteiger partial charge in [-0.25, -0.2) is 4.98 Å². The Kier molecular flexibility index (Phi) is 5.42. The molecule has 3 aromatic rings. The molecular formula is C23H24N2O3. The first-order valence-corrected chi connectivity index (χ1v) is 9.65. The lowest BCUT2D eigenvalue weighted by molar-refractivity contribution is 0.0694. The molecule has 1 aliphatic heterocycles. The van der Waals surface area contributed by atoms with Crippen LogP contribution in [0.5, 0.6) is 5.75 Å². The number of carbonyl (C=O) groups is 1. The molecule has 1 amide bonds. The van der Waals surface area contributed by atoms with E-state index in [1.54, 1.807) is 7.11 Å². The van der Waals surface area contributed by atoms with Gasteiger partial charge in [0.2, 0.25) is 0 Å². The van der Waals surface area contributed by atoms with E-state index in [-0.39, 0.29) is 11.8 Å². The van der Waals surface area contributed by atoms with Crippen molar-refractivity contribution in [2.24, 2.45) is 0 Å². The monoisotopic (exact) mass is 376 g/mol. The Morgan fingerprint density at radius 2 is 1.96 bits per heavy atom. The van der Waals surface area contributed by atoms with E-state index in [1.165, 1.54) is 5.56 Å². The van der Waals surface area contributed by atoms with Crippen LogP contribution in [-0.2, 0) is 6.42 Å². The number of rotatable bonds is 5. The van der Waals surface area contributed by atoms with Crippen LogP contribution < -0.4 is 4.74 Å². The molecule has 0 unspecified atom stereocenters. The van der Waals surface area contributed by atoms with Gasteiger partial charge in [-0.2, -0.15) is 0 Å². The van der Waals surface area contributed by atoms with Crippen LogP contribution in [0.1, 0.15) is 46.3 Å². The van der Waals surface area contributed by atoms with Crippen LogP contribution in [0.2, 0.25) is 0 Å². The Hall–Kier alpha value is -3.08. The molecule has 1 aliphatic rings. The Labute approximate surface area is 165 Å². The van der Waals surface area contributed by atoms with E-state index in [4.69, 9.17) is 9.15 Å². The maximum Gasteiger partial charge on any atom is 0.257 e. The smallest absolute Gasteiger partial charge is 0.257 e. The van der Waals surface area contributed by atoms with Crippen LogP contribution in [0.25, 0.3) is 0 Å². The van der Waals surface area contributed by atoms with Crippen LogP contribution in [-0.4, -0.2) is 36.0 Å². The average Bonchev–Trinajstić information content (AvgIpc) is 3.22. The van der Waals surface area contributed by atoms with Gasteiger partial charge in [0, 0.05) is 19.5 Å². The molecule has 0 aliphatic carbocycles. The normalized spacial score (nSPS) is 16.8. The van der Waals surface area contributed by atoms with E-state index in [9.17, 15) is 4.79 Å². The lowest BCUT2D eigenvalue weighted by atomic mass is 9.97. The molecule has 5 heteroatoms. The van der Waals surface area contributed by atoms with Crippen molar-refractivity contribution in [1.82, 2.24) is 9.88 Å². The molecule has 28 heavy (non-hydrogen) atoms. The number of hydrogen-bond donors (Lipinski definition) is 0. The van der Waals surface area contributed by atoms with Crippen LogP contribution in [0.3, 0.4) is 0 Å². The molecular weight excluding hydrogens is 352 g/mol. The van der Waals surface area contributed by atoms with Crippen LogP contribution in [0.15, 0.2) is 65.2 Å². The number of likely N-dealkylation sites (tertiary alicyclic amines) is 1. The van der Waals surface area contributed by atoms with Crippen LogP contribution in [0, 0.1) is 0 Å². The number of hydrogen-bond acceptors (Lipinski definition) is 4. The second kappa shape index (κ2) is 8.30. The summed E-state index contributed by atoms with van der Waals surface area (Å²) in [6.07, 6.45) is 4.44. The summed E-state index contributed by atoms with van der Waals surface area (Å²) < 4.78 is 11.4. The Morgan fingerprint density at radius 3 is 2.79 bits per heavy atom. The van der Waals surface area contributed by atoms with Gasteiger partial charge in [0.15, 0.2) is 5.89 Å². The summed E-state index contributed by atoms with van der Waals surface area (Å²) in [7, 11) is 1.59. The maximum absolute atomic E-state index is 13.0. The number of aromatic nitrogens is 1. The zero-order valence-electron chi connectivity index (χ0n) is 16.0. The molecule has 4 rings (SSSR count). The first kappa shape index (κ1) is 18.3. The number of ether oxygens (including phenoxy) is 1. The topological polar surface area (TPSA) is 55.6 Å². The number of methoxy groups -OCH3 is 1. The SMILES string of the molecule is COc1ccccc1C(=O)N1CCC[C@@H](c2ncc(Cc3ccccc3)o2)C1. The number of nitrogens with zero attached hydrogens (tertiary/aromatic N) is 2. The third-order valence-corrected chi connectivity index (χ3v) is 5.19. The molecule has 1 atom stereocenters. The highest BCUT2D eigenvalue weighted by Gasteiger charge is 2.29. The van der Waals surface area contributed by atoms with Gasteiger partial charge in [0.25, 0.3) is 5.91 Å². The summed E-state index contributed by atoms with van der Waals surface area (Å²) in [4.78, 5) is 19.4. The predicted molar refractivity (Wildman–Crippen MR) is 107 cm³/mol. The van der Waals surface area contributed by atoms with Gasteiger partial charge < -0.3 is 14.1 Å². The van der Waals surface area contributed by atoms with E-state index in [0.29, 0.717) is 17.9 Å². The molecule has 144 valence electrons. The molecule has 0 bridgehead atoms. The summed E-state index contributed by atoms with van der Waals surface area (Å²) >= 11 is 0. The van der Waals surface area contributed by atoms with Gasteiger partial charge in [-0.3, -0.25) is 4.79 Å². The summed E-state index contributed by atoms with van der Waals surface area (Å²) in [5, 5.41) is 0. The number of amides is 1. The summed E-state index contributed by atoms with van der Waals surface area (Å²) in [5.41, 5.74) is 1.80. The third-order valence-electron chi connectivity index (χ3n) is 5.19. The van der Waals surface area contributed by atoms with Crippen LogP contribution in [0.4, 0.5) is 0 Å². The van der Waals surface area contributed by atoms with Crippen molar-refractivity contribution in [3.05, 3.63) is 83.6 Å². The van der Waals surface area contributed by atoms with E-state index in [0.717, 1.165) is 37.5 Å². The average molecular weight is 376 g/mol. The first-order valence-electron chi connectivity index (χ1n) is 9.65. The number of oxazole rings is 1. The lowest BCUT2D eigenvalue weighted by Gasteiger charge is -2.31. The Morgan fingerprint density at radius 1 is 1.18 bits per heavy atom. The molecule has 2 heterocycles. The number of benzene rings is 2. The van der Waals surface area contributed by atoms with Gasteiger partial charge in [0.05, 0.1) is 24.8 Å². The molecule has 2 aromatic carbocycles. The highest BCUT2D eigenvalue weighted by atomic mass is 16.5. The highest BCUT2D eigenvalue weighted by Crippen LogP contribution is 2.29. The molecule has 1 aromatic heterocycles. The van der Waals surface area contributed by atoms with Crippen molar-refractivity contribution in [3.8, 4) is 5.75 Å². The van der Waals surface area contributed by atoms with Gasteiger partial charge in [-0.15, -0.1) is 0 Å². The quantitative estimate of drug-likeness (QED) is 0.666. The maximum atomic E-state index is 13.0. The molecule has 1 fully saturated rings. The highest BCUT2D eigenvalue weighted by molar-refractivity contribution is 5.97. The van der Waals surface area contributed by atoms with Crippen molar-refractivity contribution in [2.75, 3.05) is 20.2 Å². The van der Waals surface area contributed by atoms with Crippen LogP contribution >= 0.6 is 0 Å². The van der Waals surface area contributed by atoms with Crippen molar-refractivity contribution in [3.63, 3.8) is 0 Å². The molecule has 1 saturated heterocycles. The molecule has 0 radical (unpaired) electrons. The predicted octanol–water partition coefficient (Wildman–Crippen LogP) is 4.29. The van der Waals surface area contributed by atoms with Crippen molar-refractivity contribution in [2.45, 2.75) is 25.2 Å². The molecule has 5 nitrogen and oxygen atoms in total. The standard InChI is InChI=1S/C23H24N2O3/c1-27-21-12-6-5-11-20(21)23(26)25-13-7-10-18(16-25)22-24-15-19(28-22)14-17-8-3-2-4-9-17/h2-6,8-9,11-12,15,18H,7,10,13-14,16H2,1H3/t18-/m1/s1. The van der Waals surface area contributed by atoms with Gasteiger partial charge in [-0.1, -0.05) is 42.5 Å². The minimum absolute atomic E-state index is 0.00165. The largest absolute Gasteiger partial charge is 0.496 e. The Balaban J connectivity index is 1.46. The second-order valence-corrected chi connectivity index (χ2v) is 7.12.